The zero-order valence-corrected chi connectivity index (χ0v) is 19.2. The maximum atomic E-state index is 13.1. The number of aromatic nitrogens is 2. The van der Waals surface area contributed by atoms with Crippen LogP contribution in [0.1, 0.15) is 70.4 Å². The smallest absolute Gasteiger partial charge is 0.338 e. The normalized spacial score (nSPS) is 13.4. The summed E-state index contributed by atoms with van der Waals surface area (Å²) in [4.78, 5) is 43.9. The van der Waals surface area contributed by atoms with Gasteiger partial charge in [-0.1, -0.05) is 19.8 Å². The van der Waals surface area contributed by atoms with Gasteiger partial charge in [-0.15, -0.1) is 11.3 Å². The van der Waals surface area contributed by atoms with Gasteiger partial charge in [0.15, 0.2) is 0 Å². The Labute approximate surface area is 190 Å². The molecule has 1 N–H and O–H groups in total. The van der Waals surface area contributed by atoms with E-state index in [4.69, 9.17) is 9.72 Å². The van der Waals surface area contributed by atoms with Gasteiger partial charge >= 0.3 is 5.97 Å². The van der Waals surface area contributed by atoms with Crippen LogP contribution in [0.3, 0.4) is 0 Å². The molecule has 0 saturated carbocycles. The lowest BCUT2D eigenvalue weighted by atomic mass is 10.2. The second-order valence-electron chi connectivity index (χ2n) is 8.05. The molecule has 3 heterocycles. The van der Waals surface area contributed by atoms with Crippen LogP contribution in [0.15, 0.2) is 29.1 Å². The number of hydrogen-bond donors (Lipinski definition) is 1. The van der Waals surface area contributed by atoms with E-state index in [0.717, 1.165) is 44.3 Å². The first-order chi connectivity index (χ1) is 15.5. The minimum absolute atomic E-state index is 0.0503. The number of benzene rings is 1. The Hall–Kier alpha value is -3.00. The first-order valence-corrected chi connectivity index (χ1v) is 11.9. The molecule has 3 aromatic rings. The Morgan fingerprint density at radius 1 is 1.19 bits per heavy atom. The Morgan fingerprint density at radius 2 is 1.97 bits per heavy atom. The number of fused-ring (bicyclic) bond motifs is 2. The average Bonchev–Trinajstić information content (AvgIpc) is 2.95. The molecule has 0 spiro atoms. The Morgan fingerprint density at radius 3 is 2.72 bits per heavy atom. The maximum absolute atomic E-state index is 13.1. The third kappa shape index (κ3) is 4.46. The van der Waals surface area contributed by atoms with Crippen molar-refractivity contribution >= 4 is 39.1 Å². The summed E-state index contributed by atoms with van der Waals surface area (Å²) in [6.07, 6.45) is 5.67. The fourth-order valence-electron chi connectivity index (χ4n) is 3.90. The molecule has 4 rings (SSSR count). The van der Waals surface area contributed by atoms with Crippen LogP contribution in [-0.4, -0.2) is 28.0 Å². The van der Waals surface area contributed by atoms with Crippen LogP contribution in [0.2, 0.25) is 0 Å². The van der Waals surface area contributed by atoms with Gasteiger partial charge in [-0.3, -0.25) is 14.2 Å². The predicted molar refractivity (Wildman–Crippen MR) is 126 cm³/mol. The highest BCUT2D eigenvalue weighted by atomic mass is 32.1. The van der Waals surface area contributed by atoms with Gasteiger partial charge in [-0.2, -0.15) is 0 Å². The number of rotatable bonds is 6. The zero-order valence-electron chi connectivity index (χ0n) is 18.4. The number of ether oxygens (including phenoxy) is 1. The van der Waals surface area contributed by atoms with E-state index in [1.165, 1.54) is 11.3 Å². The highest BCUT2D eigenvalue weighted by Crippen LogP contribution is 2.29. The molecule has 1 aliphatic rings. The topological polar surface area (TPSA) is 90.3 Å². The van der Waals surface area contributed by atoms with Gasteiger partial charge in [0.05, 0.1) is 22.4 Å². The second-order valence-corrected chi connectivity index (χ2v) is 9.05. The van der Waals surface area contributed by atoms with Crippen molar-refractivity contribution in [3.63, 3.8) is 0 Å². The van der Waals surface area contributed by atoms with Crippen LogP contribution in [0.4, 0.5) is 5.69 Å². The number of hydrogen-bond acceptors (Lipinski definition) is 6. The predicted octanol–water partition coefficient (Wildman–Crippen LogP) is 4.70. The first kappa shape index (κ1) is 22.2. The number of nitrogens with one attached hydrogen (secondary N) is 1. The van der Waals surface area contributed by atoms with Crippen LogP contribution in [0.25, 0.3) is 10.2 Å². The van der Waals surface area contributed by atoms with Gasteiger partial charge in [0.2, 0.25) is 0 Å². The Bertz CT molecular complexity index is 1210. The SMILES string of the molecule is CCCCOC(=O)c1ccc(NC(=O)c2sc3nc4n(c(=O)c3c2C)CCCCC4)cc1. The lowest BCUT2D eigenvalue weighted by Gasteiger charge is -2.08. The van der Waals surface area contributed by atoms with E-state index in [2.05, 4.69) is 5.32 Å². The van der Waals surface area contributed by atoms with Gasteiger partial charge in [-0.05, 0) is 56.0 Å². The summed E-state index contributed by atoms with van der Waals surface area (Å²) in [5, 5.41) is 3.40. The fraction of sp³-hybridized carbons (Fsp3) is 0.417. The largest absolute Gasteiger partial charge is 0.462 e. The van der Waals surface area contributed by atoms with Gasteiger partial charge in [-0.25, -0.2) is 9.78 Å². The van der Waals surface area contributed by atoms with Crippen LogP contribution in [0.5, 0.6) is 0 Å². The summed E-state index contributed by atoms with van der Waals surface area (Å²) in [7, 11) is 0. The molecule has 0 bridgehead atoms. The van der Waals surface area contributed by atoms with Gasteiger partial charge in [0, 0.05) is 18.7 Å². The molecule has 32 heavy (non-hydrogen) atoms. The van der Waals surface area contributed by atoms with Crippen LogP contribution < -0.4 is 10.9 Å². The molecule has 8 heteroatoms. The van der Waals surface area contributed by atoms with Crippen molar-refractivity contribution in [2.75, 3.05) is 11.9 Å². The van der Waals surface area contributed by atoms with E-state index in [1.54, 1.807) is 35.8 Å². The minimum Gasteiger partial charge on any atom is -0.462 e. The van der Waals surface area contributed by atoms with Gasteiger partial charge in [0.25, 0.3) is 11.5 Å². The maximum Gasteiger partial charge on any atom is 0.338 e. The van der Waals surface area contributed by atoms with E-state index in [-0.39, 0.29) is 17.4 Å². The number of unbranched alkanes of at least 4 members (excludes halogenated alkanes) is 1. The summed E-state index contributed by atoms with van der Waals surface area (Å²) in [5.41, 5.74) is 1.62. The quantitative estimate of drug-likeness (QED) is 0.431. The van der Waals surface area contributed by atoms with Crippen molar-refractivity contribution in [1.82, 2.24) is 9.55 Å². The summed E-state index contributed by atoms with van der Waals surface area (Å²) in [6, 6.07) is 6.61. The van der Waals surface area contributed by atoms with Crippen LogP contribution in [-0.2, 0) is 17.7 Å². The molecule has 0 unspecified atom stereocenters. The minimum atomic E-state index is -0.372. The van der Waals surface area contributed by atoms with Crippen molar-refractivity contribution in [2.24, 2.45) is 0 Å². The van der Waals surface area contributed by atoms with Crippen molar-refractivity contribution in [1.29, 1.82) is 0 Å². The molecule has 1 aromatic carbocycles. The molecule has 168 valence electrons. The van der Waals surface area contributed by atoms with Crippen molar-refractivity contribution < 1.29 is 14.3 Å². The molecule has 2 aromatic heterocycles. The monoisotopic (exact) mass is 453 g/mol. The van der Waals surface area contributed by atoms with Gasteiger partial charge < -0.3 is 10.1 Å². The summed E-state index contributed by atoms with van der Waals surface area (Å²) in [6.45, 7) is 4.92. The van der Waals surface area contributed by atoms with E-state index in [1.807, 2.05) is 6.92 Å². The van der Waals surface area contributed by atoms with E-state index in [9.17, 15) is 14.4 Å². The van der Waals surface area contributed by atoms with Crippen molar-refractivity contribution in [3.05, 3.63) is 56.4 Å². The number of nitrogens with zero attached hydrogens (tertiary/aromatic N) is 2. The van der Waals surface area contributed by atoms with Crippen molar-refractivity contribution in [3.8, 4) is 0 Å². The average molecular weight is 454 g/mol. The lowest BCUT2D eigenvalue weighted by Crippen LogP contribution is -2.24. The number of amides is 1. The number of carbonyl (C=O) groups excluding carboxylic acids is 2. The highest BCUT2D eigenvalue weighted by molar-refractivity contribution is 7.20. The third-order valence-corrected chi connectivity index (χ3v) is 6.91. The number of esters is 1. The zero-order chi connectivity index (χ0) is 22.7. The Kier molecular flexibility index (Phi) is 6.69. The number of thiophene rings is 1. The molecule has 0 aliphatic carbocycles. The fourth-order valence-corrected chi connectivity index (χ4v) is 4.98. The van der Waals surface area contributed by atoms with Crippen LogP contribution in [0, 0.1) is 6.92 Å². The number of aryl methyl sites for hydroxylation is 2. The summed E-state index contributed by atoms with van der Waals surface area (Å²) >= 11 is 1.25. The molecule has 1 amide bonds. The number of anilines is 1. The molecule has 0 atom stereocenters. The first-order valence-electron chi connectivity index (χ1n) is 11.1. The highest BCUT2D eigenvalue weighted by Gasteiger charge is 2.22. The molecular formula is C24H27N3O4S. The van der Waals surface area contributed by atoms with E-state index >= 15 is 0 Å². The second kappa shape index (κ2) is 9.65. The van der Waals surface area contributed by atoms with Gasteiger partial charge in [0.1, 0.15) is 10.7 Å². The summed E-state index contributed by atoms with van der Waals surface area (Å²) in [5.74, 6) is 0.154. The van der Waals surface area contributed by atoms with E-state index in [0.29, 0.717) is 45.1 Å². The molecular weight excluding hydrogens is 426 g/mol. The standard InChI is InChI=1S/C24H27N3O4S/c1-3-4-14-31-24(30)16-9-11-17(12-10-16)25-21(28)20-15(2)19-22(32-20)26-18-8-6-5-7-13-27(18)23(19)29/h9-12H,3-8,13-14H2,1-2H3,(H,25,28). The third-order valence-electron chi connectivity index (χ3n) is 5.73. The van der Waals surface area contributed by atoms with Crippen LogP contribution >= 0.6 is 11.3 Å². The molecule has 0 radical (unpaired) electrons. The molecule has 1 aliphatic heterocycles. The lowest BCUT2D eigenvalue weighted by molar-refractivity contribution is 0.0499. The van der Waals surface area contributed by atoms with Crippen molar-refractivity contribution in [2.45, 2.75) is 58.9 Å². The molecule has 7 nitrogen and oxygen atoms in total. The molecule has 0 fully saturated rings. The Balaban J connectivity index is 1.54. The summed E-state index contributed by atoms with van der Waals surface area (Å²) < 4.78 is 6.98. The van der Waals surface area contributed by atoms with E-state index < -0.39 is 0 Å². The molecule has 0 saturated heterocycles. The number of carbonyl (C=O) groups is 2.